The van der Waals surface area contributed by atoms with Crippen molar-refractivity contribution in [1.82, 2.24) is 19.7 Å². The SMILES string of the molecule is CCOC(=O)c1ccn(-c2cccc(NC(=O)CCc3c(C)nc(N4CCOCC4)[nH]c3=O)c2)n1. The molecule has 0 aliphatic carbocycles. The van der Waals surface area contributed by atoms with Crippen molar-refractivity contribution in [2.75, 3.05) is 43.1 Å². The number of nitrogens with zero attached hydrogens (tertiary/aromatic N) is 4. The van der Waals surface area contributed by atoms with E-state index in [1.54, 1.807) is 44.3 Å². The van der Waals surface area contributed by atoms with Crippen molar-refractivity contribution in [3.8, 4) is 5.69 Å². The monoisotopic (exact) mass is 480 g/mol. The largest absolute Gasteiger partial charge is 0.461 e. The summed E-state index contributed by atoms with van der Waals surface area (Å²) in [7, 11) is 0. The van der Waals surface area contributed by atoms with Crippen molar-refractivity contribution < 1.29 is 19.1 Å². The lowest BCUT2D eigenvalue weighted by molar-refractivity contribution is -0.116. The number of hydrogen-bond donors (Lipinski definition) is 2. The number of H-pyrrole nitrogens is 1. The molecule has 0 unspecified atom stereocenters. The number of nitrogens with one attached hydrogen (secondary N) is 2. The van der Waals surface area contributed by atoms with E-state index in [1.807, 2.05) is 11.0 Å². The van der Waals surface area contributed by atoms with Gasteiger partial charge in [-0.1, -0.05) is 6.07 Å². The second-order valence-electron chi connectivity index (χ2n) is 8.02. The summed E-state index contributed by atoms with van der Waals surface area (Å²) in [4.78, 5) is 46.4. The first-order valence-electron chi connectivity index (χ1n) is 11.5. The number of esters is 1. The van der Waals surface area contributed by atoms with Crippen molar-refractivity contribution in [2.24, 2.45) is 0 Å². The number of aromatic nitrogens is 4. The van der Waals surface area contributed by atoms with Gasteiger partial charge < -0.3 is 19.7 Å². The van der Waals surface area contributed by atoms with E-state index in [9.17, 15) is 14.4 Å². The highest BCUT2D eigenvalue weighted by Gasteiger charge is 2.17. The van der Waals surface area contributed by atoms with E-state index in [-0.39, 0.29) is 36.6 Å². The number of carbonyl (C=O) groups is 2. The average Bonchev–Trinajstić information content (AvgIpc) is 3.35. The zero-order chi connectivity index (χ0) is 24.8. The summed E-state index contributed by atoms with van der Waals surface area (Å²) in [6.45, 7) is 6.32. The first-order valence-corrected chi connectivity index (χ1v) is 11.5. The highest BCUT2D eigenvalue weighted by Crippen LogP contribution is 2.16. The molecule has 0 bridgehead atoms. The molecule has 0 saturated carbocycles. The van der Waals surface area contributed by atoms with Gasteiger partial charge in [-0.2, -0.15) is 5.10 Å². The summed E-state index contributed by atoms with van der Waals surface area (Å²) in [5.74, 6) is -0.190. The van der Waals surface area contributed by atoms with Crippen molar-refractivity contribution in [3.05, 3.63) is 63.8 Å². The van der Waals surface area contributed by atoms with Gasteiger partial charge in [0.25, 0.3) is 5.56 Å². The van der Waals surface area contributed by atoms with Crippen LogP contribution in [0.3, 0.4) is 0 Å². The van der Waals surface area contributed by atoms with Crippen LogP contribution < -0.4 is 15.8 Å². The van der Waals surface area contributed by atoms with Crippen molar-refractivity contribution in [3.63, 3.8) is 0 Å². The normalized spacial score (nSPS) is 13.5. The summed E-state index contributed by atoms with van der Waals surface area (Å²) in [6.07, 6.45) is 2.04. The molecular formula is C24H28N6O5. The summed E-state index contributed by atoms with van der Waals surface area (Å²) in [6, 6.07) is 8.66. The molecule has 1 fully saturated rings. The second-order valence-corrected chi connectivity index (χ2v) is 8.02. The van der Waals surface area contributed by atoms with E-state index in [0.717, 1.165) is 0 Å². The Kier molecular flexibility index (Phi) is 7.56. The molecule has 4 rings (SSSR count). The van der Waals surface area contributed by atoms with Crippen LogP contribution >= 0.6 is 0 Å². The number of hydrogen-bond acceptors (Lipinski definition) is 8. The van der Waals surface area contributed by atoms with E-state index in [2.05, 4.69) is 20.4 Å². The van der Waals surface area contributed by atoms with Gasteiger partial charge >= 0.3 is 5.97 Å². The lowest BCUT2D eigenvalue weighted by atomic mass is 10.1. The van der Waals surface area contributed by atoms with Crippen LogP contribution in [0.4, 0.5) is 11.6 Å². The lowest BCUT2D eigenvalue weighted by Crippen LogP contribution is -2.38. The van der Waals surface area contributed by atoms with Gasteiger partial charge in [0.05, 0.1) is 25.5 Å². The number of aryl methyl sites for hydroxylation is 1. The van der Waals surface area contributed by atoms with Crippen LogP contribution in [0.1, 0.15) is 35.1 Å². The van der Waals surface area contributed by atoms with Gasteiger partial charge in [-0.25, -0.2) is 14.5 Å². The van der Waals surface area contributed by atoms with E-state index in [4.69, 9.17) is 9.47 Å². The first kappa shape index (κ1) is 24.1. The summed E-state index contributed by atoms with van der Waals surface area (Å²) in [5.41, 5.74) is 2.33. The van der Waals surface area contributed by atoms with Gasteiger partial charge in [-0.15, -0.1) is 0 Å². The number of carbonyl (C=O) groups excluding carboxylic acids is 2. The second kappa shape index (κ2) is 11.0. The van der Waals surface area contributed by atoms with E-state index >= 15 is 0 Å². The number of rotatable bonds is 8. The molecule has 1 amide bonds. The molecule has 1 aliphatic heterocycles. The van der Waals surface area contributed by atoms with E-state index in [1.165, 1.54) is 4.68 Å². The third kappa shape index (κ3) is 5.93. The van der Waals surface area contributed by atoms with Gasteiger partial charge in [0.1, 0.15) is 0 Å². The van der Waals surface area contributed by atoms with Crippen LogP contribution in [-0.4, -0.2) is 64.5 Å². The van der Waals surface area contributed by atoms with Crippen molar-refractivity contribution >= 4 is 23.5 Å². The first-order chi connectivity index (χ1) is 16.9. The van der Waals surface area contributed by atoms with Crippen molar-refractivity contribution in [1.29, 1.82) is 0 Å². The van der Waals surface area contributed by atoms with Crippen LogP contribution in [0.2, 0.25) is 0 Å². The van der Waals surface area contributed by atoms with Crippen LogP contribution in [0, 0.1) is 6.92 Å². The molecule has 2 N–H and O–H groups in total. The molecule has 3 heterocycles. The third-order valence-corrected chi connectivity index (χ3v) is 5.59. The van der Waals surface area contributed by atoms with Crippen LogP contribution in [0.5, 0.6) is 0 Å². The maximum absolute atomic E-state index is 12.6. The Morgan fingerprint density at radius 1 is 1.23 bits per heavy atom. The maximum atomic E-state index is 12.6. The minimum absolute atomic E-state index is 0.126. The number of benzene rings is 1. The van der Waals surface area contributed by atoms with Gasteiger partial charge in [0.15, 0.2) is 5.69 Å². The minimum Gasteiger partial charge on any atom is -0.461 e. The molecule has 1 saturated heterocycles. The fourth-order valence-electron chi connectivity index (χ4n) is 3.78. The standard InChI is InChI=1S/C24H28N6O5/c1-3-35-23(33)20-9-10-30(28-20)18-6-4-5-17(15-18)26-21(31)8-7-19-16(2)25-24(27-22(19)32)29-11-13-34-14-12-29/h4-6,9-10,15H,3,7-8,11-14H2,1-2H3,(H,26,31)(H,25,27,32). The molecule has 1 aromatic carbocycles. The Labute approximate surface area is 202 Å². The molecule has 3 aromatic rings. The highest BCUT2D eigenvalue weighted by atomic mass is 16.5. The molecule has 1 aliphatic rings. The Morgan fingerprint density at radius 2 is 2.03 bits per heavy atom. The van der Waals surface area contributed by atoms with Crippen LogP contribution in [0.15, 0.2) is 41.3 Å². The lowest BCUT2D eigenvalue weighted by Gasteiger charge is -2.27. The molecule has 184 valence electrons. The molecule has 2 aromatic heterocycles. The number of amides is 1. The fourth-order valence-corrected chi connectivity index (χ4v) is 3.78. The fraction of sp³-hybridized carbons (Fsp3) is 0.375. The van der Waals surface area contributed by atoms with Crippen molar-refractivity contribution in [2.45, 2.75) is 26.7 Å². The summed E-state index contributed by atoms with van der Waals surface area (Å²) < 4.78 is 11.8. The molecule has 35 heavy (non-hydrogen) atoms. The average molecular weight is 481 g/mol. The zero-order valence-corrected chi connectivity index (χ0v) is 19.7. The van der Waals surface area contributed by atoms with Crippen LogP contribution in [-0.2, 0) is 20.7 Å². The molecular weight excluding hydrogens is 452 g/mol. The molecule has 0 atom stereocenters. The smallest absolute Gasteiger partial charge is 0.358 e. The minimum atomic E-state index is -0.492. The molecule has 11 nitrogen and oxygen atoms in total. The third-order valence-electron chi connectivity index (χ3n) is 5.59. The number of morpholine rings is 1. The maximum Gasteiger partial charge on any atom is 0.358 e. The highest BCUT2D eigenvalue weighted by molar-refractivity contribution is 5.91. The van der Waals surface area contributed by atoms with E-state index in [0.29, 0.717) is 54.9 Å². The van der Waals surface area contributed by atoms with Gasteiger partial charge in [0.2, 0.25) is 11.9 Å². The van der Waals surface area contributed by atoms with E-state index < -0.39 is 5.97 Å². The van der Waals surface area contributed by atoms with Gasteiger partial charge in [-0.05, 0) is 44.5 Å². The Balaban J connectivity index is 1.38. The molecule has 0 radical (unpaired) electrons. The summed E-state index contributed by atoms with van der Waals surface area (Å²) >= 11 is 0. The Bertz CT molecular complexity index is 1260. The quantitative estimate of drug-likeness (QED) is 0.467. The molecule has 11 heteroatoms. The Morgan fingerprint density at radius 3 is 2.77 bits per heavy atom. The number of aromatic amines is 1. The predicted octanol–water partition coefficient (Wildman–Crippen LogP) is 1.85. The zero-order valence-electron chi connectivity index (χ0n) is 19.7. The van der Waals surface area contributed by atoms with Gasteiger partial charge in [-0.3, -0.25) is 14.6 Å². The molecule has 0 spiro atoms. The van der Waals surface area contributed by atoms with Crippen LogP contribution in [0.25, 0.3) is 5.69 Å². The predicted molar refractivity (Wildman–Crippen MR) is 129 cm³/mol. The summed E-state index contributed by atoms with van der Waals surface area (Å²) in [5, 5.41) is 7.08. The van der Waals surface area contributed by atoms with Gasteiger partial charge in [0, 0.05) is 42.7 Å². The number of anilines is 2. The number of ether oxygens (including phenoxy) is 2. The Hall–Kier alpha value is -3.99. The topological polar surface area (TPSA) is 131 Å².